The van der Waals surface area contributed by atoms with E-state index in [1.807, 2.05) is 19.9 Å². The Labute approximate surface area is 157 Å². The summed E-state index contributed by atoms with van der Waals surface area (Å²) in [6.07, 6.45) is 7.02. The minimum absolute atomic E-state index is 0.0124. The number of aryl methyl sites for hydroxylation is 2. The molecule has 2 atom stereocenters. The first kappa shape index (κ1) is 17.7. The van der Waals surface area contributed by atoms with Gasteiger partial charge in [0.1, 0.15) is 5.58 Å². The van der Waals surface area contributed by atoms with Gasteiger partial charge in [0.25, 0.3) is 0 Å². The number of rotatable bonds is 4. The minimum Gasteiger partial charge on any atom is -0.464 e. The van der Waals surface area contributed by atoms with Crippen LogP contribution in [0.4, 0.5) is 0 Å². The zero-order valence-corrected chi connectivity index (χ0v) is 15.6. The van der Waals surface area contributed by atoms with Crippen molar-refractivity contribution < 1.29 is 14.3 Å². The van der Waals surface area contributed by atoms with Crippen molar-refractivity contribution in [2.45, 2.75) is 32.8 Å². The van der Waals surface area contributed by atoms with Crippen molar-refractivity contribution in [3.8, 4) is 0 Å². The molecule has 4 rings (SSSR count). The van der Waals surface area contributed by atoms with E-state index in [9.17, 15) is 9.90 Å². The first-order chi connectivity index (χ1) is 13.0. The van der Waals surface area contributed by atoms with E-state index >= 15 is 0 Å². The normalized spacial score (nSPS) is 19.7. The number of carbonyl (C=O) groups is 1. The molecule has 3 heterocycles. The number of amides is 1. The molecule has 0 aliphatic carbocycles. The Morgan fingerprint density at radius 2 is 2.15 bits per heavy atom. The maximum Gasteiger partial charge on any atom is 0.227 e. The molecule has 6 nitrogen and oxygen atoms in total. The summed E-state index contributed by atoms with van der Waals surface area (Å²) >= 11 is 0. The number of hydrogen-bond acceptors (Lipinski definition) is 5. The molecular weight excluding hydrogens is 342 g/mol. The molecule has 1 saturated heterocycles. The van der Waals surface area contributed by atoms with Crippen molar-refractivity contribution in [1.82, 2.24) is 14.9 Å². The van der Waals surface area contributed by atoms with Crippen LogP contribution in [-0.2, 0) is 17.6 Å². The van der Waals surface area contributed by atoms with E-state index in [-0.39, 0.29) is 18.2 Å². The molecule has 27 heavy (non-hydrogen) atoms. The number of carbonyl (C=O) groups excluding carboxylic acids is 1. The predicted octanol–water partition coefficient (Wildman–Crippen LogP) is 2.44. The zero-order chi connectivity index (χ0) is 19.0. The Morgan fingerprint density at radius 1 is 1.30 bits per heavy atom. The molecular formula is C21H23N3O3. The fourth-order valence-electron chi connectivity index (χ4n) is 3.99. The van der Waals surface area contributed by atoms with E-state index < -0.39 is 6.10 Å². The zero-order valence-electron chi connectivity index (χ0n) is 15.6. The van der Waals surface area contributed by atoms with E-state index in [2.05, 4.69) is 16.0 Å². The van der Waals surface area contributed by atoms with Crippen molar-refractivity contribution in [1.29, 1.82) is 0 Å². The van der Waals surface area contributed by atoms with Crippen LogP contribution < -0.4 is 0 Å². The number of β-amino-alcohol motifs (C(OH)–C–C–N with tert-alkyl or cyclic N) is 1. The van der Waals surface area contributed by atoms with Crippen LogP contribution in [0.3, 0.4) is 0 Å². The molecule has 1 aromatic carbocycles. The van der Waals surface area contributed by atoms with Crippen molar-refractivity contribution in [3.63, 3.8) is 0 Å². The molecule has 1 aliphatic rings. The predicted molar refractivity (Wildman–Crippen MR) is 101 cm³/mol. The van der Waals surface area contributed by atoms with E-state index in [4.69, 9.17) is 4.42 Å². The molecule has 1 aliphatic heterocycles. The number of aromatic nitrogens is 2. The lowest BCUT2D eigenvalue weighted by molar-refractivity contribution is -0.129. The van der Waals surface area contributed by atoms with E-state index in [0.29, 0.717) is 19.5 Å². The van der Waals surface area contributed by atoms with Crippen molar-refractivity contribution in [2.24, 2.45) is 5.92 Å². The summed E-state index contributed by atoms with van der Waals surface area (Å²) in [6.45, 7) is 4.96. The second kappa shape index (κ2) is 7.12. The Kier molecular flexibility index (Phi) is 4.66. The molecule has 1 fully saturated rings. The number of hydrogen-bond donors (Lipinski definition) is 1. The molecule has 0 bridgehead atoms. The highest BCUT2D eigenvalue weighted by molar-refractivity contribution is 5.90. The number of furan rings is 1. The quantitative estimate of drug-likeness (QED) is 0.768. The second-order valence-corrected chi connectivity index (χ2v) is 7.42. The van der Waals surface area contributed by atoms with Crippen molar-refractivity contribution >= 4 is 16.9 Å². The van der Waals surface area contributed by atoms with Crippen LogP contribution in [-0.4, -0.2) is 45.1 Å². The molecule has 1 N–H and O–H groups in total. The lowest BCUT2D eigenvalue weighted by atomic mass is 10.0. The fraction of sp³-hybridized carbons (Fsp3) is 0.381. The van der Waals surface area contributed by atoms with Gasteiger partial charge in [-0.2, -0.15) is 0 Å². The van der Waals surface area contributed by atoms with Gasteiger partial charge >= 0.3 is 0 Å². The van der Waals surface area contributed by atoms with Crippen molar-refractivity contribution in [3.05, 3.63) is 59.4 Å². The molecule has 0 saturated carbocycles. The van der Waals surface area contributed by atoms with Crippen LogP contribution >= 0.6 is 0 Å². The van der Waals surface area contributed by atoms with Gasteiger partial charge in [0.2, 0.25) is 5.91 Å². The maximum absolute atomic E-state index is 12.8. The minimum atomic E-state index is -0.540. The van der Waals surface area contributed by atoms with Gasteiger partial charge < -0.3 is 14.4 Å². The molecule has 0 spiro atoms. The van der Waals surface area contributed by atoms with E-state index in [1.165, 1.54) is 0 Å². The van der Waals surface area contributed by atoms with Gasteiger partial charge in [0.05, 0.1) is 24.5 Å². The van der Waals surface area contributed by atoms with Gasteiger partial charge in [-0.3, -0.25) is 14.8 Å². The van der Waals surface area contributed by atoms with Gasteiger partial charge in [0.15, 0.2) is 0 Å². The summed E-state index contributed by atoms with van der Waals surface area (Å²) in [5.74, 6) is -0.00509. The molecule has 2 aromatic heterocycles. The summed E-state index contributed by atoms with van der Waals surface area (Å²) in [4.78, 5) is 22.9. The fourth-order valence-corrected chi connectivity index (χ4v) is 3.99. The number of aliphatic hydroxyl groups is 1. The largest absolute Gasteiger partial charge is 0.464 e. The Hall–Kier alpha value is -2.73. The smallest absolute Gasteiger partial charge is 0.227 e. The van der Waals surface area contributed by atoms with Gasteiger partial charge in [-0.05, 0) is 37.5 Å². The molecule has 6 heteroatoms. The van der Waals surface area contributed by atoms with Gasteiger partial charge in [-0.15, -0.1) is 0 Å². The first-order valence-electron chi connectivity index (χ1n) is 9.19. The summed E-state index contributed by atoms with van der Waals surface area (Å²) in [5, 5.41) is 11.4. The molecule has 140 valence electrons. The van der Waals surface area contributed by atoms with E-state index in [1.54, 1.807) is 29.8 Å². The highest BCUT2D eigenvalue weighted by Crippen LogP contribution is 2.28. The van der Waals surface area contributed by atoms with Gasteiger partial charge in [-0.1, -0.05) is 6.07 Å². The van der Waals surface area contributed by atoms with Crippen LogP contribution in [0.25, 0.3) is 11.0 Å². The SMILES string of the molecule is Cc1cc(C)c2c(CC(=O)N3C[C@@H](Cc4cnccn4)[C@H](O)C3)coc2c1. The Balaban J connectivity index is 1.46. The third kappa shape index (κ3) is 3.57. The molecule has 0 radical (unpaired) electrons. The van der Waals surface area contributed by atoms with E-state index in [0.717, 1.165) is 33.4 Å². The third-order valence-electron chi connectivity index (χ3n) is 5.28. The molecule has 3 aromatic rings. The standard InChI is InChI=1S/C21H23N3O3/c1-13-5-14(2)21-16(12-27-19(21)6-13)8-20(26)24-10-15(18(25)11-24)7-17-9-22-3-4-23-17/h3-6,9,12,15,18,25H,7-8,10-11H2,1-2H3/t15-,18-/m1/s1. The van der Waals surface area contributed by atoms with Crippen molar-refractivity contribution in [2.75, 3.05) is 13.1 Å². The van der Waals surface area contributed by atoms with Crippen LogP contribution in [0.15, 0.2) is 41.4 Å². The summed E-state index contributed by atoms with van der Waals surface area (Å²) in [6, 6.07) is 4.09. The van der Waals surface area contributed by atoms with Crippen LogP contribution in [0.5, 0.6) is 0 Å². The monoisotopic (exact) mass is 365 g/mol. The van der Waals surface area contributed by atoms with Gasteiger partial charge in [-0.25, -0.2) is 0 Å². The summed E-state index contributed by atoms with van der Waals surface area (Å²) < 4.78 is 5.66. The lowest BCUT2D eigenvalue weighted by Gasteiger charge is -2.16. The number of aliphatic hydroxyl groups excluding tert-OH is 1. The second-order valence-electron chi connectivity index (χ2n) is 7.42. The average Bonchev–Trinajstić information content (AvgIpc) is 3.20. The van der Waals surface area contributed by atoms with Crippen LogP contribution in [0.1, 0.15) is 22.4 Å². The number of fused-ring (bicyclic) bond motifs is 1. The average molecular weight is 365 g/mol. The molecule has 0 unspecified atom stereocenters. The number of benzene rings is 1. The van der Waals surface area contributed by atoms with Crippen LogP contribution in [0, 0.1) is 19.8 Å². The number of nitrogens with zero attached hydrogens (tertiary/aromatic N) is 3. The topological polar surface area (TPSA) is 79.5 Å². The number of likely N-dealkylation sites (tertiary alicyclic amines) is 1. The lowest BCUT2D eigenvalue weighted by Crippen LogP contribution is -2.31. The summed E-state index contributed by atoms with van der Waals surface area (Å²) in [5.41, 5.74) is 4.81. The highest BCUT2D eigenvalue weighted by atomic mass is 16.3. The highest BCUT2D eigenvalue weighted by Gasteiger charge is 2.34. The Bertz CT molecular complexity index is 967. The summed E-state index contributed by atoms with van der Waals surface area (Å²) in [7, 11) is 0. The maximum atomic E-state index is 12.8. The third-order valence-corrected chi connectivity index (χ3v) is 5.28. The first-order valence-corrected chi connectivity index (χ1v) is 9.19. The van der Waals surface area contributed by atoms with Crippen LogP contribution in [0.2, 0.25) is 0 Å². The Morgan fingerprint density at radius 3 is 2.93 bits per heavy atom. The van der Waals surface area contributed by atoms with Gasteiger partial charge in [0, 0.05) is 48.5 Å². The molecule has 1 amide bonds.